The molecular formula is C24H25N3O5S. The van der Waals surface area contributed by atoms with Crippen molar-refractivity contribution in [2.24, 2.45) is 0 Å². The first-order valence-electron chi connectivity index (χ1n) is 10.6. The highest BCUT2D eigenvalue weighted by atomic mass is 32.2. The third-order valence-corrected chi connectivity index (χ3v) is 6.76. The number of anilines is 1. The molecule has 0 aliphatic heterocycles. The normalized spacial score (nSPS) is 12.8. The van der Waals surface area contributed by atoms with Crippen LogP contribution in [0.5, 0.6) is 11.6 Å². The van der Waals surface area contributed by atoms with Gasteiger partial charge in [0.15, 0.2) is 5.88 Å². The number of hydrogen-bond acceptors (Lipinski definition) is 6. The van der Waals surface area contributed by atoms with Crippen molar-refractivity contribution in [3.8, 4) is 11.6 Å². The first kappa shape index (κ1) is 22.7. The van der Waals surface area contributed by atoms with E-state index in [0.717, 1.165) is 53.1 Å². The van der Waals surface area contributed by atoms with Gasteiger partial charge in [-0.3, -0.25) is 4.79 Å². The largest absolute Gasteiger partial charge is 0.497 e. The van der Waals surface area contributed by atoms with Crippen molar-refractivity contribution < 1.29 is 24.5 Å². The van der Waals surface area contributed by atoms with Crippen molar-refractivity contribution in [1.29, 1.82) is 0 Å². The van der Waals surface area contributed by atoms with Gasteiger partial charge >= 0.3 is 5.97 Å². The number of nitrogens with zero attached hydrogens (tertiary/aromatic N) is 2. The van der Waals surface area contributed by atoms with E-state index in [4.69, 9.17) is 9.84 Å². The fraction of sp³-hybridized carbons (Fsp3) is 0.292. The first-order valence-corrected chi connectivity index (χ1v) is 11.6. The zero-order valence-corrected chi connectivity index (χ0v) is 19.0. The predicted octanol–water partition coefficient (Wildman–Crippen LogP) is 3.95. The second-order valence-electron chi connectivity index (χ2n) is 7.80. The molecule has 0 spiro atoms. The summed E-state index contributed by atoms with van der Waals surface area (Å²) in [6.07, 6.45) is 5.00. The Hall–Kier alpha value is -3.46. The van der Waals surface area contributed by atoms with Crippen LogP contribution >= 0.6 is 11.8 Å². The molecule has 0 fully saturated rings. The van der Waals surface area contributed by atoms with Gasteiger partial charge in [0.2, 0.25) is 5.91 Å². The maximum atomic E-state index is 12.5. The number of carboxylic acids is 1. The second kappa shape index (κ2) is 9.99. The highest BCUT2D eigenvalue weighted by molar-refractivity contribution is 8.00. The van der Waals surface area contributed by atoms with Crippen molar-refractivity contribution in [1.82, 2.24) is 9.55 Å². The van der Waals surface area contributed by atoms with Crippen LogP contribution in [0.3, 0.4) is 0 Å². The van der Waals surface area contributed by atoms with Crippen LogP contribution in [0, 0.1) is 0 Å². The van der Waals surface area contributed by atoms with Crippen molar-refractivity contribution >= 4 is 29.5 Å². The average Bonchev–Trinajstić information content (AvgIpc) is 3.09. The van der Waals surface area contributed by atoms with E-state index in [0.29, 0.717) is 12.4 Å². The molecule has 1 aliphatic rings. The lowest BCUT2D eigenvalue weighted by Crippen LogP contribution is -2.16. The number of aromatic carboxylic acids is 1. The van der Waals surface area contributed by atoms with Gasteiger partial charge in [-0.15, -0.1) is 0 Å². The number of rotatable bonds is 8. The van der Waals surface area contributed by atoms with E-state index in [1.807, 2.05) is 28.8 Å². The zero-order chi connectivity index (χ0) is 23.4. The third-order valence-electron chi connectivity index (χ3n) is 5.61. The zero-order valence-electron chi connectivity index (χ0n) is 18.2. The highest BCUT2D eigenvalue weighted by Crippen LogP contribution is 2.40. The molecule has 0 saturated carbocycles. The van der Waals surface area contributed by atoms with E-state index in [1.165, 1.54) is 30.1 Å². The van der Waals surface area contributed by atoms with Crippen LogP contribution in [-0.2, 0) is 24.2 Å². The molecule has 3 N–H and O–H groups in total. The number of pyridine rings is 1. The lowest BCUT2D eigenvalue weighted by molar-refractivity contribution is -0.113. The number of hydrogen-bond donors (Lipinski definition) is 3. The van der Waals surface area contributed by atoms with Gasteiger partial charge in [0, 0.05) is 11.8 Å². The van der Waals surface area contributed by atoms with E-state index in [2.05, 4.69) is 10.3 Å². The number of carboxylic acid groups (broad SMARTS) is 1. The molecule has 0 saturated heterocycles. The molecule has 8 nitrogen and oxygen atoms in total. The number of methoxy groups -OCH3 is 1. The quantitative estimate of drug-likeness (QED) is 0.430. The Morgan fingerprint density at radius 3 is 2.48 bits per heavy atom. The Morgan fingerprint density at radius 2 is 1.85 bits per heavy atom. The summed E-state index contributed by atoms with van der Waals surface area (Å²) in [5.41, 5.74) is 3.17. The van der Waals surface area contributed by atoms with E-state index in [-0.39, 0.29) is 23.1 Å². The maximum Gasteiger partial charge on any atom is 0.337 e. The standard InChI is InChI=1S/C24H25N3O5S/c1-32-17-9-6-15(7-10-17)13-27-22(29)18-4-2-3-5-19(18)23(27)33-14-21(28)26-20-11-8-16(12-25-20)24(30)31/h6-12,29H,2-5,13-14H2,1H3,(H,30,31)(H,25,26,28). The molecule has 3 aromatic rings. The number of carbonyl (C=O) groups excluding carboxylic acids is 1. The molecule has 0 radical (unpaired) electrons. The van der Waals surface area contributed by atoms with Crippen molar-refractivity contribution in [2.75, 3.05) is 18.2 Å². The molecule has 33 heavy (non-hydrogen) atoms. The van der Waals surface area contributed by atoms with Gasteiger partial charge in [0.05, 0.1) is 30.0 Å². The molecule has 1 aromatic carbocycles. The van der Waals surface area contributed by atoms with Crippen LogP contribution in [0.4, 0.5) is 5.82 Å². The highest BCUT2D eigenvalue weighted by Gasteiger charge is 2.25. The summed E-state index contributed by atoms with van der Waals surface area (Å²) in [5, 5.41) is 23.5. The molecule has 0 unspecified atom stereocenters. The van der Waals surface area contributed by atoms with Crippen LogP contribution in [0.2, 0.25) is 0 Å². The van der Waals surface area contributed by atoms with Gasteiger partial charge < -0.3 is 24.8 Å². The van der Waals surface area contributed by atoms with Crippen LogP contribution in [0.15, 0.2) is 47.6 Å². The summed E-state index contributed by atoms with van der Waals surface area (Å²) in [6, 6.07) is 10.6. The van der Waals surface area contributed by atoms with Gasteiger partial charge in [-0.05, 0) is 61.1 Å². The monoisotopic (exact) mass is 467 g/mol. The average molecular weight is 468 g/mol. The Morgan fingerprint density at radius 1 is 1.12 bits per heavy atom. The number of carbonyl (C=O) groups is 2. The molecular weight excluding hydrogens is 442 g/mol. The molecule has 172 valence electrons. The smallest absolute Gasteiger partial charge is 0.337 e. The van der Waals surface area contributed by atoms with Gasteiger partial charge in [-0.25, -0.2) is 9.78 Å². The van der Waals surface area contributed by atoms with Crippen LogP contribution in [0.25, 0.3) is 0 Å². The molecule has 9 heteroatoms. The SMILES string of the molecule is COc1ccc(Cn2c(O)c3c(c2SCC(=O)Nc2ccc(C(=O)O)cn2)CCCC3)cc1. The van der Waals surface area contributed by atoms with Crippen LogP contribution in [-0.4, -0.2) is 44.5 Å². The minimum Gasteiger partial charge on any atom is -0.497 e. The van der Waals surface area contributed by atoms with Gasteiger partial charge in [0.25, 0.3) is 0 Å². The fourth-order valence-electron chi connectivity index (χ4n) is 3.94. The Bertz CT molecular complexity index is 1160. The third kappa shape index (κ3) is 5.14. The molecule has 1 amide bonds. The lowest BCUT2D eigenvalue weighted by Gasteiger charge is -2.13. The number of fused-ring (bicyclic) bond motifs is 1. The van der Waals surface area contributed by atoms with Crippen molar-refractivity contribution in [2.45, 2.75) is 37.3 Å². The predicted molar refractivity (Wildman–Crippen MR) is 125 cm³/mol. The number of thioether (sulfide) groups is 1. The summed E-state index contributed by atoms with van der Waals surface area (Å²) in [7, 11) is 1.62. The molecule has 0 bridgehead atoms. The van der Waals surface area contributed by atoms with Gasteiger partial charge in [0.1, 0.15) is 11.6 Å². The minimum atomic E-state index is -1.07. The number of amides is 1. The Balaban J connectivity index is 1.50. The molecule has 2 aromatic heterocycles. The second-order valence-corrected chi connectivity index (χ2v) is 8.77. The number of benzene rings is 1. The maximum absolute atomic E-state index is 12.5. The topological polar surface area (TPSA) is 114 Å². The molecule has 0 atom stereocenters. The molecule has 1 aliphatic carbocycles. The van der Waals surface area contributed by atoms with E-state index >= 15 is 0 Å². The number of aromatic hydroxyl groups is 1. The van der Waals surface area contributed by atoms with Crippen molar-refractivity contribution in [3.05, 3.63) is 64.8 Å². The van der Waals surface area contributed by atoms with Crippen molar-refractivity contribution in [3.63, 3.8) is 0 Å². The van der Waals surface area contributed by atoms with E-state index in [9.17, 15) is 14.7 Å². The number of aromatic nitrogens is 2. The van der Waals surface area contributed by atoms with Crippen LogP contribution < -0.4 is 10.1 Å². The van der Waals surface area contributed by atoms with Gasteiger partial charge in [-0.1, -0.05) is 23.9 Å². The van der Waals surface area contributed by atoms with E-state index < -0.39 is 5.97 Å². The molecule has 2 heterocycles. The summed E-state index contributed by atoms with van der Waals surface area (Å²) in [4.78, 5) is 27.5. The first-order chi connectivity index (χ1) is 16.0. The lowest BCUT2D eigenvalue weighted by atomic mass is 9.95. The number of ether oxygens (including phenoxy) is 1. The Kier molecular flexibility index (Phi) is 6.88. The Labute approximate surface area is 195 Å². The minimum absolute atomic E-state index is 0.0563. The summed E-state index contributed by atoms with van der Waals surface area (Å²) in [5.74, 6) is 0.153. The fourth-order valence-corrected chi connectivity index (χ4v) is 4.99. The summed E-state index contributed by atoms with van der Waals surface area (Å²) in [6.45, 7) is 0.491. The van der Waals surface area contributed by atoms with E-state index in [1.54, 1.807) is 7.11 Å². The summed E-state index contributed by atoms with van der Waals surface area (Å²) >= 11 is 1.39. The number of nitrogens with one attached hydrogen (secondary N) is 1. The molecule has 4 rings (SSSR count). The summed E-state index contributed by atoms with van der Waals surface area (Å²) < 4.78 is 7.11. The van der Waals surface area contributed by atoms with Crippen LogP contribution in [0.1, 0.15) is 39.9 Å². The van der Waals surface area contributed by atoms with Gasteiger partial charge in [-0.2, -0.15) is 0 Å².